The van der Waals surface area contributed by atoms with Crippen LogP contribution in [0, 0.1) is 0 Å². The Kier molecular flexibility index (Phi) is 3.82. The van der Waals surface area contributed by atoms with Gasteiger partial charge in [-0.1, -0.05) is 24.3 Å². The molecule has 6 heteroatoms. The maximum atomic E-state index is 12.6. The molecule has 23 heavy (non-hydrogen) atoms. The Labute approximate surface area is 130 Å². The van der Waals surface area contributed by atoms with Gasteiger partial charge in [0.25, 0.3) is 0 Å². The van der Waals surface area contributed by atoms with Gasteiger partial charge in [-0.2, -0.15) is 13.2 Å². The first-order valence-corrected chi connectivity index (χ1v) is 6.90. The van der Waals surface area contributed by atoms with E-state index in [9.17, 15) is 18.3 Å². The molecule has 3 aromatic rings. The highest BCUT2D eigenvalue weighted by atomic mass is 19.4. The van der Waals surface area contributed by atoms with Crippen molar-refractivity contribution in [1.29, 1.82) is 0 Å². The summed E-state index contributed by atoms with van der Waals surface area (Å²) in [6.45, 7) is 0.511. The van der Waals surface area contributed by atoms with E-state index >= 15 is 0 Å². The number of rotatable bonds is 3. The zero-order valence-corrected chi connectivity index (χ0v) is 12.0. The van der Waals surface area contributed by atoms with Gasteiger partial charge in [0.05, 0.1) is 5.56 Å². The summed E-state index contributed by atoms with van der Waals surface area (Å²) in [5, 5.41) is 9.30. The minimum atomic E-state index is -4.35. The predicted molar refractivity (Wildman–Crippen MR) is 79.9 cm³/mol. The average Bonchev–Trinajstić information content (AvgIpc) is 2.97. The Bertz CT molecular complexity index is 790. The van der Waals surface area contributed by atoms with Crippen molar-refractivity contribution in [2.24, 2.45) is 0 Å². The lowest BCUT2D eigenvalue weighted by Gasteiger charge is -2.10. The highest BCUT2D eigenvalue weighted by molar-refractivity contribution is 5.56. The van der Waals surface area contributed by atoms with E-state index in [2.05, 4.69) is 4.98 Å². The molecule has 3 rings (SSSR count). The van der Waals surface area contributed by atoms with Crippen molar-refractivity contribution >= 4 is 0 Å². The maximum Gasteiger partial charge on any atom is 0.416 e. The molecule has 1 aromatic heterocycles. The maximum absolute atomic E-state index is 12.6. The Balaban J connectivity index is 1.87. The van der Waals surface area contributed by atoms with Crippen molar-refractivity contribution in [2.45, 2.75) is 12.7 Å². The van der Waals surface area contributed by atoms with Gasteiger partial charge in [-0.25, -0.2) is 4.98 Å². The summed E-state index contributed by atoms with van der Waals surface area (Å²) < 4.78 is 39.7. The molecule has 0 unspecified atom stereocenters. The van der Waals surface area contributed by atoms with Gasteiger partial charge in [0.1, 0.15) is 11.6 Å². The van der Waals surface area contributed by atoms with E-state index in [4.69, 9.17) is 0 Å². The number of phenols is 1. The molecule has 3 nitrogen and oxygen atoms in total. The molecular weight excluding hydrogens is 305 g/mol. The van der Waals surface area contributed by atoms with Crippen molar-refractivity contribution in [3.05, 3.63) is 72.1 Å². The number of benzene rings is 2. The van der Waals surface area contributed by atoms with E-state index < -0.39 is 11.7 Å². The van der Waals surface area contributed by atoms with Crippen molar-refractivity contribution in [1.82, 2.24) is 9.55 Å². The quantitative estimate of drug-likeness (QED) is 0.781. The number of phenolic OH excluding ortho intramolecular Hbond substituents is 1. The van der Waals surface area contributed by atoms with Gasteiger partial charge in [0.15, 0.2) is 0 Å². The van der Waals surface area contributed by atoms with E-state index in [1.165, 1.54) is 12.1 Å². The molecule has 0 aliphatic heterocycles. The molecule has 0 aliphatic rings. The molecule has 0 bridgehead atoms. The van der Waals surface area contributed by atoms with Crippen molar-refractivity contribution in [2.75, 3.05) is 0 Å². The third-order valence-electron chi connectivity index (χ3n) is 3.48. The van der Waals surface area contributed by atoms with E-state index in [0.717, 1.165) is 17.7 Å². The fraction of sp³-hybridized carbons (Fsp3) is 0.118. The summed E-state index contributed by atoms with van der Waals surface area (Å²) in [6, 6.07) is 11.7. The third kappa shape index (κ3) is 3.36. The van der Waals surface area contributed by atoms with E-state index in [1.807, 2.05) is 4.57 Å². The van der Waals surface area contributed by atoms with Gasteiger partial charge in [-0.05, 0) is 29.8 Å². The summed E-state index contributed by atoms with van der Waals surface area (Å²) >= 11 is 0. The van der Waals surface area contributed by atoms with E-state index in [1.54, 1.807) is 36.7 Å². The fourth-order valence-electron chi connectivity index (χ4n) is 2.30. The second-order valence-corrected chi connectivity index (χ2v) is 5.12. The number of hydrogen-bond acceptors (Lipinski definition) is 2. The van der Waals surface area contributed by atoms with Crippen LogP contribution < -0.4 is 0 Å². The summed E-state index contributed by atoms with van der Waals surface area (Å²) in [5.41, 5.74) is 0.883. The molecule has 2 aromatic carbocycles. The van der Waals surface area contributed by atoms with Crippen LogP contribution in [-0.4, -0.2) is 14.7 Å². The fourth-order valence-corrected chi connectivity index (χ4v) is 2.30. The molecule has 118 valence electrons. The molecule has 1 heterocycles. The first kappa shape index (κ1) is 15.1. The second kappa shape index (κ2) is 5.79. The summed E-state index contributed by atoms with van der Waals surface area (Å²) in [5.74, 6) is 0.772. The van der Waals surface area contributed by atoms with Crippen molar-refractivity contribution in [3.63, 3.8) is 0 Å². The highest BCUT2D eigenvalue weighted by Crippen LogP contribution is 2.30. The number of hydrogen-bond donors (Lipinski definition) is 1. The highest BCUT2D eigenvalue weighted by Gasteiger charge is 2.30. The lowest BCUT2D eigenvalue weighted by Crippen LogP contribution is -2.05. The monoisotopic (exact) mass is 318 g/mol. The smallest absolute Gasteiger partial charge is 0.416 e. The summed E-state index contributed by atoms with van der Waals surface area (Å²) in [7, 11) is 0. The minimum absolute atomic E-state index is 0.183. The molecular formula is C17H13F3N2O. The van der Waals surface area contributed by atoms with Gasteiger partial charge in [0.2, 0.25) is 0 Å². The lowest BCUT2D eigenvalue weighted by atomic mass is 10.1. The van der Waals surface area contributed by atoms with Gasteiger partial charge in [-0.15, -0.1) is 0 Å². The Morgan fingerprint density at radius 3 is 2.22 bits per heavy atom. The van der Waals surface area contributed by atoms with Crippen LogP contribution in [0.4, 0.5) is 13.2 Å². The van der Waals surface area contributed by atoms with Gasteiger partial charge in [0, 0.05) is 24.5 Å². The first-order valence-electron chi connectivity index (χ1n) is 6.90. The Morgan fingerprint density at radius 1 is 0.957 bits per heavy atom. The molecule has 0 saturated carbocycles. The Hall–Kier alpha value is -2.76. The van der Waals surface area contributed by atoms with Crippen LogP contribution in [0.5, 0.6) is 5.75 Å². The lowest BCUT2D eigenvalue weighted by molar-refractivity contribution is -0.137. The van der Waals surface area contributed by atoms with Crippen LogP contribution in [0.2, 0.25) is 0 Å². The SMILES string of the molecule is Oc1ccc(Cn2ccnc2-c2ccc(C(F)(F)F)cc2)cc1. The third-order valence-corrected chi connectivity index (χ3v) is 3.48. The van der Waals surface area contributed by atoms with Crippen LogP contribution in [0.15, 0.2) is 60.9 Å². The van der Waals surface area contributed by atoms with Gasteiger partial charge >= 0.3 is 6.18 Å². The molecule has 0 aliphatic carbocycles. The zero-order valence-electron chi connectivity index (χ0n) is 12.0. The van der Waals surface area contributed by atoms with Crippen LogP contribution >= 0.6 is 0 Å². The van der Waals surface area contributed by atoms with Crippen LogP contribution in [-0.2, 0) is 12.7 Å². The number of aromatic nitrogens is 2. The Morgan fingerprint density at radius 2 is 1.61 bits per heavy atom. The van der Waals surface area contributed by atoms with E-state index in [-0.39, 0.29) is 5.75 Å². The van der Waals surface area contributed by atoms with E-state index in [0.29, 0.717) is 17.9 Å². The molecule has 0 amide bonds. The standard InChI is InChI=1S/C17H13F3N2O/c18-17(19,20)14-5-3-13(4-6-14)16-21-9-10-22(16)11-12-1-7-15(23)8-2-12/h1-10,23H,11H2. The zero-order chi connectivity index (χ0) is 16.4. The molecule has 1 N–H and O–H groups in total. The average molecular weight is 318 g/mol. The molecule has 0 saturated heterocycles. The van der Waals surface area contributed by atoms with Gasteiger partial charge in [-0.3, -0.25) is 0 Å². The van der Waals surface area contributed by atoms with Crippen molar-refractivity contribution in [3.8, 4) is 17.1 Å². The molecule has 0 atom stereocenters. The molecule has 0 radical (unpaired) electrons. The largest absolute Gasteiger partial charge is 0.508 e. The number of imidazole rings is 1. The number of nitrogens with zero attached hydrogens (tertiary/aromatic N) is 2. The van der Waals surface area contributed by atoms with Crippen LogP contribution in [0.3, 0.4) is 0 Å². The topological polar surface area (TPSA) is 38.0 Å². The number of halogens is 3. The molecule has 0 fully saturated rings. The minimum Gasteiger partial charge on any atom is -0.508 e. The summed E-state index contributed by atoms with van der Waals surface area (Å²) in [6.07, 6.45) is -0.979. The first-order chi connectivity index (χ1) is 10.9. The van der Waals surface area contributed by atoms with Gasteiger partial charge < -0.3 is 9.67 Å². The van der Waals surface area contributed by atoms with Crippen molar-refractivity contribution < 1.29 is 18.3 Å². The summed E-state index contributed by atoms with van der Waals surface area (Å²) in [4.78, 5) is 4.22. The number of alkyl halides is 3. The normalized spacial score (nSPS) is 11.6. The second-order valence-electron chi connectivity index (χ2n) is 5.12. The predicted octanol–water partition coefficient (Wildman–Crippen LogP) is 4.32. The molecule has 0 spiro atoms. The van der Waals surface area contributed by atoms with Crippen LogP contribution in [0.1, 0.15) is 11.1 Å². The van der Waals surface area contributed by atoms with Crippen LogP contribution in [0.25, 0.3) is 11.4 Å². The number of aromatic hydroxyl groups is 1.